The van der Waals surface area contributed by atoms with Gasteiger partial charge in [0.15, 0.2) is 5.96 Å². The molecule has 0 bridgehead atoms. The lowest BCUT2D eigenvalue weighted by molar-refractivity contribution is 0.257. The molecule has 2 aliphatic rings. The maximum Gasteiger partial charge on any atom is 0.191 e. The molecule has 3 heteroatoms. The molecule has 2 rings (SSSR count). The topological polar surface area (TPSA) is 41.6 Å². The highest BCUT2D eigenvalue weighted by Gasteiger charge is 2.20. The summed E-state index contributed by atoms with van der Waals surface area (Å²) in [4.78, 5) is 6.75. The van der Waals surface area contributed by atoms with Crippen LogP contribution in [0.15, 0.2) is 4.99 Å². The molecular weight excluding hydrogens is 186 g/mol. The fourth-order valence-corrected chi connectivity index (χ4v) is 2.48. The van der Waals surface area contributed by atoms with E-state index in [2.05, 4.69) is 16.9 Å². The third-order valence-corrected chi connectivity index (χ3v) is 3.79. The summed E-state index contributed by atoms with van der Waals surface area (Å²) < 4.78 is 0. The van der Waals surface area contributed by atoms with Crippen LogP contribution in [0.2, 0.25) is 0 Å². The average molecular weight is 209 g/mol. The van der Waals surface area contributed by atoms with E-state index in [1.54, 1.807) is 0 Å². The predicted molar refractivity (Wildman–Crippen MR) is 63.8 cm³/mol. The molecule has 0 amide bonds. The normalized spacial score (nSPS) is 24.2. The summed E-state index contributed by atoms with van der Waals surface area (Å²) in [6.45, 7) is 1.10. The number of guanidine groups is 1. The van der Waals surface area contributed by atoms with Crippen molar-refractivity contribution >= 4 is 5.96 Å². The molecule has 2 aliphatic carbocycles. The molecule has 0 heterocycles. The summed E-state index contributed by atoms with van der Waals surface area (Å²) in [7, 11) is 2.08. The molecule has 0 unspecified atom stereocenters. The molecule has 0 aliphatic heterocycles. The summed E-state index contributed by atoms with van der Waals surface area (Å²) >= 11 is 0. The number of nitrogens with two attached hydrogens (primary N) is 1. The van der Waals surface area contributed by atoms with Gasteiger partial charge in [0.2, 0.25) is 0 Å². The maximum atomic E-state index is 6.00. The first kappa shape index (κ1) is 10.8. The summed E-state index contributed by atoms with van der Waals surface area (Å²) in [5, 5.41) is 0. The first-order valence-corrected chi connectivity index (χ1v) is 6.30. The number of hydrogen-bond acceptors (Lipinski definition) is 1. The zero-order valence-corrected chi connectivity index (χ0v) is 9.78. The Morgan fingerprint density at radius 3 is 2.40 bits per heavy atom. The van der Waals surface area contributed by atoms with Crippen molar-refractivity contribution in [2.75, 3.05) is 13.6 Å². The van der Waals surface area contributed by atoms with Gasteiger partial charge in [-0.3, -0.25) is 0 Å². The van der Waals surface area contributed by atoms with Crippen LogP contribution < -0.4 is 5.73 Å². The monoisotopic (exact) mass is 209 g/mol. The molecule has 3 nitrogen and oxygen atoms in total. The Bertz CT molecular complexity index is 227. The molecule has 0 aromatic carbocycles. The van der Waals surface area contributed by atoms with Gasteiger partial charge in [-0.25, -0.2) is 4.99 Å². The van der Waals surface area contributed by atoms with Crippen LogP contribution in [0, 0.1) is 5.92 Å². The molecular formula is C12H23N3. The van der Waals surface area contributed by atoms with E-state index in [4.69, 9.17) is 5.73 Å². The second-order valence-electron chi connectivity index (χ2n) is 5.10. The summed E-state index contributed by atoms with van der Waals surface area (Å²) in [6, 6.07) is 0.508. The van der Waals surface area contributed by atoms with E-state index in [0.29, 0.717) is 6.04 Å². The largest absolute Gasteiger partial charge is 0.370 e. The van der Waals surface area contributed by atoms with Gasteiger partial charge in [0.25, 0.3) is 0 Å². The van der Waals surface area contributed by atoms with Gasteiger partial charge in [-0.05, 0) is 31.6 Å². The number of aliphatic imine (C=N–C) groups is 1. The Kier molecular flexibility index (Phi) is 3.49. The standard InChI is InChI=1S/C12H23N3/c1-15(9-10-5-4-6-10)12(13)14-11-7-2-3-8-11/h10-11H,2-9H2,1H3,(H2,13,14). The van der Waals surface area contributed by atoms with Gasteiger partial charge < -0.3 is 10.6 Å². The molecule has 2 fully saturated rings. The molecule has 0 spiro atoms. The first-order valence-electron chi connectivity index (χ1n) is 6.30. The van der Waals surface area contributed by atoms with Crippen LogP contribution in [0.25, 0.3) is 0 Å². The van der Waals surface area contributed by atoms with Crippen molar-refractivity contribution in [1.29, 1.82) is 0 Å². The lowest BCUT2D eigenvalue weighted by atomic mass is 9.85. The molecule has 15 heavy (non-hydrogen) atoms. The van der Waals surface area contributed by atoms with Crippen LogP contribution in [-0.4, -0.2) is 30.5 Å². The average Bonchev–Trinajstić information content (AvgIpc) is 2.63. The Hall–Kier alpha value is -0.730. The van der Waals surface area contributed by atoms with Gasteiger partial charge in [-0.15, -0.1) is 0 Å². The molecule has 0 aromatic heterocycles. The Morgan fingerprint density at radius 1 is 1.20 bits per heavy atom. The Morgan fingerprint density at radius 2 is 1.87 bits per heavy atom. The number of rotatable bonds is 3. The van der Waals surface area contributed by atoms with Crippen LogP contribution >= 0.6 is 0 Å². The molecule has 2 N–H and O–H groups in total. The van der Waals surface area contributed by atoms with Crippen molar-refractivity contribution < 1.29 is 0 Å². The zero-order chi connectivity index (χ0) is 10.7. The minimum atomic E-state index is 0.508. The van der Waals surface area contributed by atoms with Crippen molar-refractivity contribution in [2.45, 2.75) is 51.0 Å². The molecule has 0 atom stereocenters. The van der Waals surface area contributed by atoms with E-state index in [9.17, 15) is 0 Å². The minimum Gasteiger partial charge on any atom is -0.370 e. The van der Waals surface area contributed by atoms with Gasteiger partial charge in [0.05, 0.1) is 6.04 Å². The molecule has 0 radical (unpaired) electrons. The van der Waals surface area contributed by atoms with Crippen LogP contribution in [0.4, 0.5) is 0 Å². The summed E-state index contributed by atoms with van der Waals surface area (Å²) in [5.41, 5.74) is 6.00. The van der Waals surface area contributed by atoms with E-state index >= 15 is 0 Å². The molecule has 0 aromatic rings. The van der Waals surface area contributed by atoms with Crippen molar-refractivity contribution in [3.05, 3.63) is 0 Å². The maximum absolute atomic E-state index is 6.00. The number of hydrogen-bond donors (Lipinski definition) is 1. The fraction of sp³-hybridized carbons (Fsp3) is 0.917. The third-order valence-electron chi connectivity index (χ3n) is 3.79. The number of nitrogens with zero attached hydrogens (tertiary/aromatic N) is 2. The van der Waals surface area contributed by atoms with E-state index < -0.39 is 0 Å². The highest BCUT2D eigenvalue weighted by molar-refractivity contribution is 5.78. The van der Waals surface area contributed by atoms with Crippen molar-refractivity contribution in [3.8, 4) is 0 Å². The fourth-order valence-electron chi connectivity index (χ4n) is 2.48. The van der Waals surface area contributed by atoms with E-state index in [1.807, 2.05) is 0 Å². The lowest BCUT2D eigenvalue weighted by Gasteiger charge is -2.30. The SMILES string of the molecule is CN(CC1CCC1)C(N)=NC1CCCC1. The van der Waals surface area contributed by atoms with Gasteiger partial charge >= 0.3 is 0 Å². The predicted octanol–water partition coefficient (Wildman–Crippen LogP) is 1.98. The Balaban J connectivity index is 1.79. The van der Waals surface area contributed by atoms with Gasteiger partial charge in [0.1, 0.15) is 0 Å². The zero-order valence-electron chi connectivity index (χ0n) is 9.78. The van der Waals surface area contributed by atoms with Gasteiger partial charge in [0, 0.05) is 13.6 Å². The first-order chi connectivity index (χ1) is 7.25. The van der Waals surface area contributed by atoms with Gasteiger partial charge in [-0.1, -0.05) is 19.3 Å². The molecule has 86 valence electrons. The summed E-state index contributed by atoms with van der Waals surface area (Å²) in [6.07, 6.45) is 9.28. The van der Waals surface area contributed by atoms with E-state index in [1.165, 1.54) is 44.9 Å². The minimum absolute atomic E-state index is 0.508. The molecule has 0 saturated heterocycles. The smallest absolute Gasteiger partial charge is 0.191 e. The second-order valence-corrected chi connectivity index (χ2v) is 5.10. The second kappa shape index (κ2) is 4.86. The summed E-state index contributed by atoms with van der Waals surface area (Å²) in [5.74, 6) is 1.63. The van der Waals surface area contributed by atoms with Crippen LogP contribution in [0.5, 0.6) is 0 Å². The van der Waals surface area contributed by atoms with E-state index in [0.717, 1.165) is 18.4 Å². The van der Waals surface area contributed by atoms with Crippen LogP contribution in [-0.2, 0) is 0 Å². The van der Waals surface area contributed by atoms with Crippen LogP contribution in [0.1, 0.15) is 44.9 Å². The highest BCUT2D eigenvalue weighted by atomic mass is 15.2. The lowest BCUT2D eigenvalue weighted by Crippen LogP contribution is -2.39. The van der Waals surface area contributed by atoms with E-state index in [-0.39, 0.29) is 0 Å². The molecule has 2 saturated carbocycles. The highest BCUT2D eigenvalue weighted by Crippen LogP contribution is 2.27. The van der Waals surface area contributed by atoms with Crippen LogP contribution in [0.3, 0.4) is 0 Å². The quantitative estimate of drug-likeness (QED) is 0.570. The van der Waals surface area contributed by atoms with Crippen molar-refractivity contribution in [2.24, 2.45) is 16.6 Å². The Labute approximate surface area is 92.7 Å². The van der Waals surface area contributed by atoms with Crippen molar-refractivity contribution in [1.82, 2.24) is 4.90 Å². The van der Waals surface area contributed by atoms with Crippen molar-refractivity contribution in [3.63, 3.8) is 0 Å². The van der Waals surface area contributed by atoms with Gasteiger partial charge in [-0.2, -0.15) is 0 Å². The third kappa shape index (κ3) is 2.86.